The van der Waals surface area contributed by atoms with Crippen molar-refractivity contribution in [3.05, 3.63) is 45.8 Å². The molecule has 1 N–H and O–H groups in total. The van der Waals surface area contributed by atoms with Gasteiger partial charge < -0.3 is 9.84 Å². The zero-order chi connectivity index (χ0) is 22.2. The lowest BCUT2D eigenvalue weighted by atomic mass is 10.1. The Kier molecular flexibility index (Phi) is 5.84. The molecule has 3 aromatic rings. The first-order chi connectivity index (χ1) is 14.1. The molecule has 3 rings (SSSR count). The quantitative estimate of drug-likeness (QED) is 0.408. The van der Waals surface area contributed by atoms with Gasteiger partial charge in [0.25, 0.3) is 0 Å². The topological polar surface area (TPSA) is 77.2 Å². The summed E-state index contributed by atoms with van der Waals surface area (Å²) in [5, 5.41) is 13.4. The third-order valence-electron chi connectivity index (χ3n) is 4.37. The van der Waals surface area contributed by atoms with Crippen LogP contribution >= 0.6 is 11.3 Å². The summed E-state index contributed by atoms with van der Waals surface area (Å²) >= 11 is 1.02. The van der Waals surface area contributed by atoms with Gasteiger partial charge in [-0.3, -0.25) is 0 Å². The molecule has 0 bridgehead atoms. The van der Waals surface area contributed by atoms with Crippen LogP contribution in [0.2, 0.25) is 0 Å². The fourth-order valence-corrected chi connectivity index (χ4v) is 3.94. The summed E-state index contributed by atoms with van der Waals surface area (Å²) in [6.07, 6.45) is -5.56. The molecular formula is C19H17F4N3O3S. The Morgan fingerprint density at radius 3 is 2.53 bits per heavy atom. The van der Waals surface area contributed by atoms with Gasteiger partial charge in [0, 0.05) is 10.4 Å². The van der Waals surface area contributed by atoms with E-state index in [2.05, 4.69) is 10.1 Å². The van der Waals surface area contributed by atoms with E-state index in [1.165, 1.54) is 10.7 Å². The highest BCUT2D eigenvalue weighted by Crippen LogP contribution is 2.38. The van der Waals surface area contributed by atoms with Crippen LogP contribution in [0.1, 0.15) is 35.7 Å². The van der Waals surface area contributed by atoms with Crippen molar-refractivity contribution in [2.75, 3.05) is 0 Å². The number of alkyl halides is 3. The summed E-state index contributed by atoms with van der Waals surface area (Å²) in [6, 6.07) is 3.02. The highest BCUT2D eigenvalue weighted by Gasteiger charge is 2.35. The molecule has 11 heteroatoms. The van der Waals surface area contributed by atoms with E-state index < -0.39 is 23.7 Å². The van der Waals surface area contributed by atoms with E-state index in [-0.39, 0.29) is 22.1 Å². The number of benzene rings is 1. The van der Waals surface area contributed by atoms with E-state index in [1.54, 1.807) is 20.8 Å². The van der Waals surface area contributed by atoms with Gasteiger partial charge >= 0.3 is 12.3 Å². The fraction of sp³-hybridized carbons (Fsp3) is 0.316. The molecule has 0 spiro atoms. The average molecular weight is 443 g/mol. The van der Waals surface area contributed by atoms with Crippen LogP contribution in [0.5, 0.6) is 5.75 Å². The van der Waals surface area contributed by atoms with E-state index in [9.17, 15) is 22.4 Å². The third-order valence-corrected chi connectivity index (χ3v) is 5.36. The molecule has 2 aromatic heterocycles. The zero-order valence-electron chi connectivity index (χ0n) is 16.2. The molecule has 6 nitrogen and oxygen atoms in total. The summed E-state index contributed by atoms with van der Waals surface area (Å²) in [6.45, 7) is 5.22. The van der Waals surface area contributed by atoms with Crippen LogP contribution in [0.4, 0.5) is 22.4 Å². The minimum Gasteiger partial charge on any atom is -0.449 e. The molecule has 0 aliphatic heterocycles. The van der Waals surface area contributed by atoms with Gasteiger partial charge in [-0.1, -0.05) is 19.9 Å². The van der Waals surface area contributed by atoms with E-state index >= 15 is 0 Å². The molecule has 2 heterocycles. The number of hydrogen-bond acceptors (Lipinski definition) is 5. The van der Waals surface area contributed by atoms with Crippen LogP contribution in [-0.2, 0) is 19.0 Å². The number of aryl methyl sites for hydroxylation is 2. The molecule has 0 atom stereocenters. The Balaban J connectivity index is 2.15. The van der Waals surface area contributed by atoms with Crippen LogP contribution < -0.4 is 4.74 Å². The fourth-order valence-electron chi connectivity index (χ4n) is 3.03. The zero-order valence-corrected chi connectivity index (χ0v) is 17.0. The van der Waals surface area contributed by atoms with Gasteiger partial charge in [-0.25, -0.2) is 18.9 Å². The molecule has 30 heavy (non-hydrogen) atoms. The Hall–Kier alpha value is -2.95. The Morgan fingerprint density at radius 1 is 1.27 bits per heavy atom. The Labute approximate surface area is 172 Å². The molecule has 0 aliphatic rings. The second-order valence-electron chi connectivity index (χ2n) is 6.27. The number of thiazole rings is 1. The lowest BCUT2D eigenvalue weighted by Gasteiger charge is -2.09. The molecule has 0 saturated carbocycles. The van der Waals surface area contributed by atoms with Gasteiger partial charge in [-0.2, -0.15) is 18.3 Å². The SMILES string of the molecule is CCc1nn(-c2nc(-c3cccc(C(F)(F)F)c3F)sc2C)c(CC)c1OC(=O)O. The number of aromatic nitrogens is 3. The highest BCUT2D eigenvalue weighted by molar-refractivity contribution is 7.15. The smallest absolute Gasteiger partial charge is 0.449 e. The predicted molar refractivity (Wildman–Crippen MR) is 102 cm³/mol. The van der Waals surface area contributed by atoms with Gasteiger partial charge in [-0.05, 0) is 31.9 Å². The van der Waals surface area contributed by atoms with E-state index in [4.69, 9.17) is 9.84 Å². The van der Waals surface area contributed by atoms with E-state index in [1.807, 2.05) is 0 Å². The number of rotatable bonds is 5. The monoisotopic (exact) mass is 443 g/mol. The maximum absolute atomic E-state index is 14.5. The number of nitrogens with zero attached hydrogens (tertiary/aromatic N) is 3. The molecule has 0 saturated heterocycles. The van der Waals surface area contributed by atoms with Crippen molar-refractivity contribution in [1.82, 2.24) is 14.8 Å². The van der Waals surface area contributed by atoms with Crippen molar-refractivity contribution in [1.29, 1.82) is 0 Å². The van der Waals surface area contributed by atoms with Crippen molar-refractivity contribution in [2.24, 2.45) is 0 Å². The Morgan fingerprint density at radius 2 is 1.97 bits per heavy atom. The van der Waals surface area contributed by atoms with Gasteiger partial charge in [0.15, 0.2) is 11.6 Å². The first-order valence-electron chi connectivity index (χ1n) is 8.93. The predicted octanol–water partition coefficient (Wildman–Crippen LogP) is 5.64. The third kappa shape index (κ3) is 3.89. The van der Waals surface area contributed by atoms with Crippen LogP contribution in [0, 0.1) is 12.7 Å². The lowest BCUT2D eigenvalue weighted by Crippen LogP contribution is -2.09. The van der Waals surface area contributed by atoms with Crippen LogP contribution in [-0.4, -0.2) is 26.0 Å². The van der Waals surface area contributed by atoms with Crippen LogP contribution in [0.3, 0.4) is 0 Å². The summed E-state index contributed by atoms with van der Waals surface area (Å²) in [5.41, 5.74) is -0.799. The maximum Gasteiger partial charge on any atom is 0.511 e. The summed E-state index contributed by atoms with van der Waals surface area (Å²) in [5.74, 6) is -1.02. The first kappa shape index (κ1) is 21.8. The molecule has 0 fully saturated rings. The van der Waals surface area contributed by atoms with Gasteiger partial charge in [-0.15, -0.1) is 11.3 Å². The highest BCUT2D eigenvalue weighted by atomic mass is 32.1. The number of halogens is 4. The minimum atomic E-state index is -4.83. The van der Waals surface area contributed by atoms with Crippen molar-refractivity contribution < 1.29 is 32.2 Å². The van der Waals surface area contributed by atoms with Gasteiger partial charge in [0.2, 0.25) is 0 Å². The van der Waals surface area contributed by atoms with Crippen molar-refractivity contribution in [2.45, 2.75) is 39.8 Å². The van der Waals surface area contributed by atoms with E-state index in [0.29, 0.717) is 35.2 Å². The molecule has 160 valence electrons. The summed E-state index contributed by atoms with van der Waals surface area (Å²) in [7, 11) is 0. The van der Waals surface area contributed by atoms with Crippen molar-refractivity contribution >= 4 is 17.5 Å². The number of carbonyl (C=O) groups is 1. The number of carboxylic acid groups (broad SMARTS) is 1. The average Bonchev–Trinajstić information content (AvgIpc) is 3.20. The number of hydrogen-bond donors (Lipinski definition) is 1. The van der Waals surface area contributed by atoms with E-state index in [0.717, 1.165) is 17.4 Å². The summed E-state index contributed by atoms with van der Waals surface area (Å²) in [4.78, 5) is 15.9. The van der Waals surface area contributed by atoms with Gasteiger partial charge in [0.1, 0.15) is 16.5 Å². The lowest BCUT2D eigenvalue weighted by molar-refractivity contribution is -0.139. The van der Waals surface area contributed by atoms with Crippen molar-refractivity contribution in [3.8, 4) is 22.1 Å². The molecule has 0 aliphatic carbocycles. The number of ether oxygens (including phenoxy) is 1. The van der Waals surface area contributed by atoms with Crippen LogP contribution in [0.25, 0.3) is 16.4 Å². The molecule has 0 unspecified atom stereocenters. The normalized spacial score (nSPS) is 11.7. The van der Waals surface area contributed by atoms with Gasteiger partial charge in [0.05, 0.1) is 11.3 Å². The standard InChI is InChI=1S/C19H17F4N3O3S/c1-4-12-15(29-18(27)28)13(5-2)26(25-12)16-9(3)30-17(24-16)10-7-6-8-11(14(10)20)19(21,22)23/h6-8H,4-5H2,1-3H3,(H,27,28). The molecule has 0 amide bonds. The minimum absolute atomic E-state index is 0.0578. The first-order valence-corrected chi connectivity index (χ1v) is 9.75. The second-order valence-corrected chi connectivity index (χ2v) is 7.48. The van der Waals surface area contributed by atoms with Crippen molar-refractivity contribution in [3.63, 3.8) is 0 Å². The molecular weight excluding hydrogens is 426 g/mol. The van der Waals surface area contributed by atoms with Crippen LogP contribution in [0.15, 0.2) is 18.2 Å². The second kappa shape index (κ2) is 8.05. The molecule has 0 radical (unpaired) electrons. The molecule has 1 aromatic carbocycles. The largest absolute Gasteiger partial charge is 0.511 e. The summed E-state index contributed by atoms with van der Waals surface area (Å²) < 4.78 is 60.0. The maximum atomic E-state index is 14.5. The Bertz CT molecular complexity index is 1110.